The monoisotopic (exact) mass is 401 g/mol. The molecular formula is C22H21Cl2NO2. The Balaban J connectivity index is 1.83. The number of aryl methyl sites for hydroxylation is 2. The lowest BCUT2D eigenvalue weighted by molar-refractivity contribution is 0.0982. The Morgan fingerprint density at radius 1 is 1.11 bits per heavy atom. The van der Waals surface area contributed by atoms with Crippen LogP contribution in [0.25, 0.3) is 11.5 Å². The fourth-order valence-corrected chi connectivity index (χ4v) is 3.38. The van der Waals surface area contributed by atoms with Crippen LogP contribution < -0.4 is 0 Å². The van der Waals surface area contributed by atoms with E-state index in [-0.39, 0.29) is 11.7 Å². The van der Waals surface area contributed by atoms with Crippen molar-refractivity contribution < 1.29 is 9.21 Å². The summed E-state index contributed by atoms with van der Waals surface area (Å²) in [5, 5.41) is 1.05. The Labute approximate surface area is 169 Å². The maximum Gasteiger partial charge on any atom is 0.228 e. The van der Waals surface area contributed by atoms with Crippen molar-refractivity contribution in [1.29, 1.82) is 0 Å². The van der Waals surface area contributed by atoms with E-state index in [2.05, 4.69) is 4.98 Å². The van der Waals surface area contributed by atoms with Crippen molar-refractivity contribution in [2.75, 3.05) is 0 Å². The fourth-order valence-electron chi connectivity index (χ4n) is 2.89. The van der Waals surface area contributed by atoms with Gasteiger partial charge in [0.2, 0.25) is 5.89 Å². The Kier molecular flexibility index (Phi) is 6.03. The Bertz CT molecular complexity index is 959. The summed E-state index contributed by atoms with van der Waals surface area (Å²) in [6, 6.07) is 12.8. The zero-order valence-corrected chi connectivity index (χ0v) is 17.1. The molecule has 0 unspecified atom stereocenters. The molecule has 140 valence electrons. The second-order valence-corrected chi connectivity index (χ2v) is 7.74. The highest BCUT2D eigenvalue weighted by atomic mass is 35.5. The number of oxazole rings is 1. The third-order valence-corrected chi connectivity index (χ3v) is 4.92. The summed E-state index contributed by atoms with van der Waals surface area (Å²) in [5.74, 6) is 1.49. The lowest BCUT2D eigenvalue weighted by Crippen LogP contribution is -2.03. The van der Waals surface area contributed by atoms with Gasteiger partial charge in [0.25, 0.3) is 0 Å². The number of carbonyl (C=O) groups is 1. The van der Waals surface area contributed by atoms with Gasteiger partial charge in [-0.2, -0.15) is 0 Å². The van der Waals surface area contributed by atoms with Crippen LogP contribution in [-0.4, -0.2) is 10.8 Å². The van der Waals surface area contributed by atoms with Crippen LogP contribution in [0.3, 0.4) is 0 Å². The van der Waals surface area contributed by atoms with E-state index in [9.17, 15) is 4.79 Å². The number of rotatable bonds is 6. The van der Waals surface area contributed by atoms with E-state index in [4.69, 9.17) is 27.6 Å². The Morgan fingerprint density at radius 2 is 1.81 bits per heavy atom. The van der Waals surface area contributed by atoms with Crippen molar-refractivity contribution in [3.05, 3.63) is 75.1 Å². The lowest BCUT2D eigenvalue weighted by atomic mass is 10.0. The van der Waals surface area contributed by atoms with Gasteiger partial charge in [-0.05, 0) is 25.1 Å². The number of ketones is 1. The molecule has 0 radical (unpaired) electrons. The Morgan fingerprint density at radius 3 is 2.44 bits per heavy atom. The second-order valence-electron chi connectivity index (χ2n) is 6.90. The van der Waals surface area contributed by atoms with Crippen molar-refractivity contribution in [3.63, 3.8) is 0 Å². The number of Topliss-reactive ketones (excluding diaryl/α,β-unsaturated/α-hetero) is 1. The molecule has 0 amide bonds. The maximum absolute atomic E-state index is 12.5. The summed E-state index contributed by atoms with van der Waals surface area (Å²) in [5.41, 5.74) is 3.34. The molecule has 0 aliphatic rings. The van der Waals surface area contributed by atoms with E-state index < -0.39 is 0 Å². The van der Waals surface area contributed by atoms with Crippen molar-refractivity contribution in [1.82, 2.24) is 4.98 Å². The molecule has 0 spiro atoms. The van der Waals surface area contributed by atoms with E-state index in [0.29, 0.717) is 34.3 Å². The van der Waals surface area contributed by atoms with Gasteiger partial charge in [-0.1, -0.05) is 66.9 Å². The second kappa shape index (κ2) is 8.28. The summed E-state index contributed by atoms with van der Waals surface area (Å²) in [6.07, 6.45) is 0.901. The van der Waals surface area contributed by atoms with Crippen LogP contribution in [0, 0.1) is 6.92 Å². The number of hydrogen-bond acceptors (Lipinski definition) is 3. The number of benzene rings is 2. The quantitative estimate of drug-likeness (QED) is 0.422. The van der Waals surface area contributed by atoms with Gasteiger partial charge < -0.3 is 4.42 Å². The van der Waals surface area contributed by atoms with Gasteiger partial charge >= 0.3 is 0 Å². The topological polar surface area (TPSA) is 43.1 Å². The number of halogens is 2. The first-order chi connectivity index (χ1) is 12.8. The summed E-state index contributed by atoms with van der Waals surface area (Å²) in [7, 11) is 0. The Hall–Kier alpha value is -2.10. The highest BCUT2D eigenvalue weighted by Crippen LogP contribution is 2.33. The smallest absolute Gasteiger partial charge is 0.228 e. The minimum absolute atomic E-state index is 0.0961. The molecule has 0 aliphatic carbocycles. The lowest BCUT2D eigenvalue weighted by Gasteiger charge is -2.04. The highest BCUT2D eigenvalue weighted by Gasteiger charge is 2.20. The fraction of sp³-hybridized carbons (Fsp3) is 0.273. The van der Waals surface area contributed by atoms with Crippen LogP contribution in [-0.2, 0) is 6.42 Å². The summed E-state index contributed by atoms with van der Waals surface area (Å²) < 4.78 is 5.99. The van der Waals surface area contributed by atoms with Gasteiger partial charge in [-0.3, -0.25) is 4.79 Å². The van der Waals surface area contributed by atoms with Gasteiger partial charge in [0.15, 0.2) is 5.78 Å². The highest BCUT2D eigenvalue weighted by molar-refractivity contribution is 6.36. The van der Waals surface area contributed by atoms with E-state index in [0.717, 1.165) is 22.6 Å². The zero-order valence-electron chi connectivity index (χ0n) is 15.6. The molecule has 2 aromatic carbocycles. The van der Waals surface area contributed by atoms with Crippen molar-refractivity contribution >= 4 is 29.0 Å². The van der Waals surface area contributed by atoms with E-state index in [1.165, 1.54) is 0 Å². The van der Waals surface area contributed by atoms with Gasteiger partial charge in [0.05, 0.1) is 16.3 Å². The summed E-state index contributed by atoms with van der Waals surface area (Å²) >= 11 is 12.3. The molecule has 1 aromatic heterocycles. The van der Waals surface area contributed by atoms with E-state index >= 15 is 0 Å². The molecule has 0 atom stereocenters. The molecule has 3 nitrogen and oxygen atoms in total. The number of aromatic nitrogens is 1. The zero-order chi connectivity index (χ0) is 19.6. The molecule has 0 N–H and O–H groups in total. The molecule has 3 rings (SSSR count). The van der Waals surface area contributed by atoms with Crippen LogP contribution in [0.5, 0.6) is 0 Å². The first-order valence-corrected chi connectivity index (χ1v) is 9.65. The average molecular weight is 402 g/mol. The standard InChI is InChI=1S/C22H21Cl2NO2/c1-13(2)21-19(10-11-20(26)15-6-4-14(3)5-7-15)25-22(27-21)17-9-8-16(23)12-18(17)24/h4-9,12-13H,10-11H2,1-3H3. The SMILES string of the molecule is Cc1ccc(C(=O)CCc2nc(-c3ccc(Cl)cc3Cl)oc2C(C)C)cc1. The molecule has 5 heteroatoms. The van der Waals surface area contributed by atoms with Gasteiger partial charge in [0.1, 0.15) is 5.76 Å². The van der Waals surface area contributed by atoms with Gasteiger partial charge in [0, 0.05) is 29.3 Å². The van der Waals surface area contributed by atoms with Gasteiger partial charge in [-0.15, -0.1) is 0 Å². The molecule has 3 aromatic rings. The number of carbonyl (C=O) groups excluding carboxylic acids is 1. The maximum atomic E-state index is 12.5. The normalized spacial score (nSPS) is 11.2. The molecule has 0 saturated carbocycles. The predicted octanol–water partition coefficient (Wildman–Crippen LogP) is 6.90. The summed E-state index contributed by atoms with van der Waals surface area (Å²) in [6.45, 7) is 6.08. The molecular weight excluding hydrogens is 381 g/mol. The molecule has 27 heavy (non-hydrogen) atoms. The largest absolute Gasteiger partial charge is 0.441 e. The van der Waals surface area contributed by atoms with Crippen LogP contribution in [0.2, 0.25) is 10.0 Å². The first kappa shape index (κ1) is 19.7. The van der Waals surface area contributed by atoms with Gasteiger partial charge in [-0.25, -0.2) is 4.98 Å². The van der Waals surface area contributed by atoms with Crippen molar-refractivity contribution in [3.8, 4) is 11.5 Å². The number of nitrogens with zero attached hydrogens (tertiary/aromatic N) is 1. The van der Waals surface area contributed by atoms with Crippen molar-refractivity contribution in [2.45, 2.75) is 39.5 Å². The first-order valence-electron chi connectivity index (χ1n) is 8.90. The van der Waals surface area contributed by atoms with Crippen LogP contribution in [0.15, 0.2) is 46.9 Å². The van der Waals surface area contributed by atoms with E-state index in [1.807, 2.05) is 45.0 Å². The number of hydrogen-bond donors (Lipinski definition) is 0. The third kappa shape index (κ3) is 4.60. The molecule has 0 saturated heterocycles. The van der Waals surface area contributed by atoms with Crippen molar-refractivity contribution in [2.24, 2.45) is 0 Å². The van der Waals surface area contributed by atoms with E-state index in [1.54, 1.807) is 18.2 Å². The van der Waals surface area contributed by atoms with Crippen LogP contribution >= 0.6 is 23.2 Å². The van der Waals surface area contributed by atoms with Crippen LogP contribution in [0.1, 0.15) is 53.6 Å². The average Bonchev–Trinajstić information content (AvgIpc) is 3.04. The molecule has 1 heterocycles. The minimum Gasteiger partial charge on any atom is -0.441 e. The summed E-state index contributed by atoms with van der Waals surface area (Å²) in [4.78, 5) is 17.1. The third-order valence-electron chi connectivity index (χ3n) is 4.38. The minimum atomic E-state index is 0.0961. The molecule has 0 aliphatic heterocycles. The predicted molar refractivity (Wildman–Crippen MR) is 110 cm³/mol. The molecule has 0 bridgehead atoms. The molecule has 0 fully saturated rings. The van der Waals surface area contributed by atoms with Crippen LogP contribution in [0.4, 0.5) is 0 Å².